The zero-order valence-electron chi connectivity index (χ0n) is 14.1. The second-order valence-corrected chi connectivity index (χ2v) is 6.39. The lowest BCUT2D eigenvalue weighted by Gasteiger charge is -2.35. The molecule has 0 amide bonds. The highest BCUT2D eigenvalue weighted by atomic mass is 19.1. The number of hydrogen-bond acceptors (Lipinski definition) is 6. The van der Waals surface area contributed by atoms with E-state index < -0.39 is 11.8 Å². The Labute approximate surface area is 140 Å². The van der Waals surface area contributed by atoms with E-state index in [-0.39, 0.29) is 35.1 Å². The summed E-state index contributed by atoms with van der Waals surface area (Å²) >= 11 is 0. The summed E-state index contributed by atoms with van der Waals surface area (Å²) in [6.45, 7) is 2.30. The van der Waals surface area contributed by atoms with Crippen LogP contribution in [0, 0.1) is 16.1 Å². The number of nitrogens with zero attached hydrogens (tertiary/aromatic N) is 1. The molecule has 0 aromatic heterocycles. The van der Waals surface area contributed by atoms with Gasteiger partial charge in [0.2, 0.25) is 0 Å². The van der Waals surface area contributed by atoms with E-state index in [1.165, 1.54) is 20.3 Å². The van der Waals surface area contributed by atoms with Gasteiger partial charge in [-0.1, -0.05) is 12.1 Å². The van der Waals surface area contributed by atoms with Crippen molar-refractivity contribution in [2.45, 2.75) is 38.7 Å². The third-order valence-electron chi connectivity index (χ3n) is 4.54. The maximum Gasteiger partial charge on any atom is 0.341 e. The minimum Gasteiger partial charge on any atom is -0.496 e. The van der Waals surface area contributed by atoms with E-state index in [1.807, 2.05) is 6.92 Å². The molecule has 0 unspecified atom stereocenters. The lowest BCUT2D eigenvalue weighted by molar-refractivity contribution is 0.0594. The molecule has 0 N–H and O–H groups in total. The van der Waals surface area contributed by atoms with E-state index in [1.54, 1.807) is 0 Å². The molecule has 1 aromatic rings. The normalized spacial score (nSPS) is 23.4. The van der Waals surface area contributed by atoms with Crippen LogP contribution in [0.3, 0.4) is 0 Å². The van der Waals surface area contributed by atoms with Crippen molar-refractivity contribution in [2.75, 3.05) is 20.8 Å². The summed E-state index contributed by atoms with van der Waals surface area (Å²) in [6.07, 6.45) is 2.80. The summed E-state index contributed by atoms with van der Waals surface area (Å²) in [5.41, 5.74) is -0.000699. The fourth-order valence-electron chi connectivity index (χ4n) is 2.96. The van der Waals surface area contributed by atoms with Crippen LogP contribution in [-0.4, -0.2) is 32.8 Å². The maximum absolute atomic E-state index is 14.2. The van der Waals surface area contributed by atoms with Crippen molar-refractivity contribution in [2.24, 2.45) is 10.6 Å². The van der Waals surface area contributed by atoms with E-state index in [4.69, 9.17) is 9.47 Å². The predicted molar refractivity (Wildman–Crippen MR) is 85.9 cm³/mol. The molecular formula is C17H22FNO5. The number of nitroso groups, excluding NO2 is 1. The van der Waals surface area contributed by atoms with Gasteiger partial charge in [0.05, 0.1) is 26.9 Å². The van der Waals surface area contributed by atoms with E-state index >= 15 is 0 Å². The van der Waals surface area contributed by atoms with Crippen LogP contribution < -0.4 is 9.47 Å². The van der Waals surface area contributed by atoms with Crippen LogP contribution in [0.15, 0.2) is 17.3 Å². The molecule has 0 bridgehead atoms. The van der Waals surface area contributed by atoms with Gasteiger partial charge in [-0.05, 0) is 31.1 Å². The number of ether oxygens (including phenoxy) is 3. The second kappa shape index (κ2) is 7.59. The Morgan fingerprint density at radius 2 is 1.96 bits per heavy atom. The molecule has 24 heavy (non-hydrogen) atoms. The van der Waals surface area contributed by atoms with Crippen LogP contribution in [-0.2, 0) is 4.74 Å². The molecule has 132 valence electrons. The number of rotatable bonds is 6. The summed E-state index contributed by atoms with van der Waals surface area (Å²) in [7, 11) is 2.60. The molecule has 0 aliphatic heterocycles. The third-order valence-corrected chi connectivity index (χ3v) is 4.54. The first-order valence-electron chi connectivity index (χ1n) is 7.84. The summed E-state index contributed by atoms with van der Waals surface area (Å²) in [5, 5.41) is 3.00. The number of esters is 1. The van der Waals surface area contributed by atoms with E-state index in [2.05, 4.69) is 9.91 Å². The van der Waals surface area contributed by atoms with Gasteiger partial charge in [-0.3, -0.25) is 0 Å². The van der Waals surface area contributed by atoms with Crippen molar-refractivity contribution >= 4 is 5.97 Å². The lowest BCUT2D eigenvalue weighted by Crippen LogP contribution is -2.32. The minimum atomic E-state index is -0.620. The summed E-state index contributed by atoms with van der Waals surface area (Å²) < 4.78 is 29.6. The maximum atomic E-state index is 14.2. The molecule has 1 fully saturated rings. The monoisotopic (exact) mass is 339 g/mol. The van der Waals surface area contributed by atoms with Crippen molar-refractivity contribution in [1.29, 1.82) is 0 Å². The Balaban J connectivity index is 2.13. The van der Waals surface area contributed by atoms with Gasteiger partial charge in [0, 0.05) is 12.1 Å². The highest BCUT2D eigenvalue weighted by Crippen LogP contribution is 2.38. The number of benzene rings is 1. The Morgan fingerprint density at radius 3 is 2.50 bits per heavy atom. The average molecular weight is 339 g/mol. The van der Waals surface area contributed by atoms with Crippen LogP contribution in [0.25, 0.3) is 0 Å². The third kappa shape index (κ3) is 4.01. The highest BCUT2D eigenvalue weighted by Gasteiger charge is 2.33. The van der Waals surface area contributed by atoms with Crippen LogP contribution in [0.5, 0.6) is 11.5 Å². The van der Waals surface area contributed by atoms with Gasteiger partial charge in [-0.25, -0.2) is 9.18 Å². The van der Waals surface area contributed by atoms with Gasteiger partial charge >= 0.3 is 5.97 Å². The molecule has 0 atom stereocenters. The molecule has 6 nitrogen and oxygen atoms in total. The molecule has 0 spiro atoms. The van der Waals surface area contributed by atoms with Gasteiger partial charge in [-0.15, -0.1) is 0 Å². The Morgan fingerprint density at radius 1 is 1.29 bits per heavy atom. The second-order valence-electron chi connectivity index (χ2n) is 6.39. The first-order valence-corrected chi connectivity index (χ1v) is 7.84. The molecule has 2 rings (SSSR count). The van der Waals surface area contributed by atoms with Gasteiger partial charge < -0.3 is 14.2 Å². The zero-order chi connectivity index (χ0) is 17.7. The lowest BCUT2D eigenvalue weighted by atomic mass is 9.75. The fourth-order valence-corrected chi connectivity index (χ4v) is 2.96. The smallest absolute Gasteiger partial charge is 0.341 e. The highest BCUT2D eigenvalue weighted by molar-refractivity contribution is 5.93. The fraction of sp³-hybridized carbons (Fsp3) is 0.588. The molecule has 1 aliphatic rings. The van der Waals surface area contributed by atoms with E-state index in [0.29, 0.717) is 12.8 Å². The number of halogens is 1. The molecular weight excluding hydrogens is 317 g/mol. The molecule has 0 radical (unpaired) electrons. The number of carbonyl (C=O) groups excluding carboxylic acids is 1. The summed E-state index contributed by atoms with van der Waals surface area (Å²) in [5.74, 6) is -1.12. The van der Waals surface area contributed by atoms with Gasteiger partial charge in [-0.2, -0.15) is 4.91 Å². The first kappa shape index (κ1) is 18.2. The quantitative estimate of drug-likeness (QED) is 0.583. The topological polar surface area (TPSA) is 74.2 Å². The molecule has 1 aromatic carbocycles. The van der Waals surface area contributed by atoms with Crippen LogP contribution in [0.2, 0.25) is 0 Å². The summed E-state index contributed by atoms with van der Waals surface area (Å²) in [4.78, 5) is 22.3. The van der Waals surface area contributed by atoms with Crippen molar-refractivity contribution in [3.8, 4) is 11.5 Å². The van der Waals surface area contributed by atoms with Crippen molar-refractivity contribution in [1.82, 2.24) is 0 Å². The van der Waals surface area contributed by atoms with Crippen molar-refractivity contribution < 1.29 is 23.4 Å². The summed E-state index contributed by atoms with van der Waals surface area (Å²) in [6, 6.07) is 2.42. The molecule has 1 saturated carbocycles. The number of carbonyl (C=O) groups is 1. The largest absolute Gasteiger partial charge is 0.496 e. The average Bonchev–Trinajstić information content (AvgIpc) is 2.57. The van der Waals surface area contributed by atoms with Gasteiger partial charge in [0.25, 0.3) is 0 Å². The first-order chi connectivity index (χ1) is 11.4. The SMILES string of the molecule is COC(=O)c1cc(OC2CCC(C)(CN=O)CC2)c(F)cc1OC. The van der Waals surface area contributed by atoms with Crippen LogP contribution >= 0.6 is 0 Å². The molecule has 7 heteroatoms. The zero-order valence-corrected chi connectivity index (χ0v) is 14.1. The molecule has 0 heterocycles. The van der Waals surface area contributed by atoms with Crippen LogP contribution in [0.1, 0.15) is 43.0 Å². The van der Waals surface area contributed by atoms with Gasteiger partial charge in [0.15, 0.2) is 11.6 Å². The number of hydrogen-bond donors (Lipinski definition) is 0. The standard InChI is InChI=1S/C17H22FNO5/c1-17(10-19-21)6-4-11(5-7-17)24-15-8-12(16(20)23-3)14(22-2)9-13(15)18/h8-9,11H,4-7,10H2,1-3H3. The van der Waals surface area contributed by atoms with Crippen molar-refractivity contribution in [3.05, 3.63) is 28.4 Å². The molecule has 0 saturated heterocycles. The minimum absolute atomic E-state index is 0.00156. The molecule has 1 aliphatic carbocycles. The Hall–Kier alpha value is -2.18. The van der Waals surface area contributed by atoms with Crippen molar-refractivity contribution in [3.63, 3.8) is 0 Å². The van der Waals surface area contributed by atoms with E-state index in [0.717, 1.165) is 18.9 Å². The Kier molecular flexibility index (Phi) is 5.75. The Bertz CT molecular complexity index is 611. The van der Waals surface area contributed by atoms with E-state index in [9.17, 15) is 14.1 Å². The van der Waals surface area contributed by atoms with Crippen LogP contribution in [0.4, 0.5) is 4.39 Å². The van der Waals surface area contributed by atoms with Gasteiger partial charge in [0.1, 0.15) is 11.3 Å². The predicted octanol–water partition coefficient (Wildman–Crippen LogP) is 3.72. The number of methoxy groups -OCH3 is 2.